The lowest BCUT2D eigenvalue weighted by atomic mass is 10.1. The van der Waals surface area contributed by atoms with Gasteiger partial charge in [-0.2, -0.15) is 0 Å². The topological polar surface area (TPSA) is 29.3 Å². The number of halogens is 1. The standard InChI is InChI=1S/C15H17FN2/c1-18(14-8-6-13(16)7-9-14)11-10-12-4-2-3-5-15(12)17/h2-9H,10-11,17H2,1H3. The van der Waals surface area contributed by atoms with E-state index in [2.05, 4.69) is 4.90 Å². The van der Waals surface area contributed by atoms with E-state index in [9.17, 15) is 4.39 Å². The third-order valence-electron chi connectivity index (χ3n) is 3.04. The number of nitrogen functional groups attached to an aromatic ring is 1. The first kappa shape index (κ1) is 12.4. The first-order chi connectivity index (χ1) is 8.66. The van der Waals surface area contributed by atoms with Crippen molar-refractivity contribution in [2.75, 3.05) is 24.2 Å². The Balaban J connectivity index is 1.98. The number of hydrogen-bond donors (Lipinski definition) is 1. The van der Waals surface area contributed by atoms with Gasteiger partial charge in [-0.15, -0.1) is 0 Å². The molecule has 2 rings (SSSR count). The van der Waals surface area contributed by atoms with E-state index >= 15 is 0 Å². The molecular formula is C15H17FN2. The summed E-state index contributed by atoms with van der Waals surface area (Å²) >= 11 is 0. The van der Waals surface area contributed by atoms with Crippen LogP contribution in [0.25, 0.3) is 0 Å². The van der Waals surface area contributed by atoms with Crippen molar-refractivity contribution < 1.29 is 4.39 Å². The molecule has 0 aliphatic carbocycles. The van der Waals surface area contributed by atoms with Crippen molar-refractivity contribution in [1.29, 1.82) is 0 Å². The largest absolute Gasteiger partial charge is 0.399 e. The van der Waals surface area contributed by atoms with Crippen molar-refractivity contribution in [1.82, 2.24) is 0 Å². The molecule has 0 saturated heterocycles. The summed E-state index contributed by atoms with van der Waals surface area (Å²) in [5.41, 5.74) is 8.87. The second kappa shape index (κ2) is 5.54. The van der Waals surface area contributed by atoms with Gasteiger partial charge in [-0.3, -0.25) is 0 Å². The van der Waals surface area contributed by atoms with E-state index in [4.69, 9.17) is 5.73 Å². The van der Waals surface area contributed by atoms with Gasteiger partial charge in [-0.05, 0) is 42.3 Å². The van der Waals surface area contributed by atoms with Gasteiger partial charge in [0.15, 0.2) is 0 Å². The number of likely N-dealkylation sites (N-methyl/N-ethyl adjacent to an activating group) is 1. The van der Waals surface area contributed by atoms with Gasteiger partial charge in [0, 0.05) is 25.0 Å². The molecule has 0 amide bonds. The summed E-state index contributed by atoms with van der Waals surface area (Å²) < 4.78 is 12.8. The van der Waals surface area contributed by atoms with Crippen molar-refractivity contribution in [2.24, 2.45) is 0 Å². The highest BCUT2D eigenvalue weighted by Gasteiger charge is 2.03. The van der Waals surface area contributed by atoms with Gasteiger partial charge < -0.3 is 10.6 Å². The fourth-order valence-electron chi connectivity index (χ4n) is 1.87. The second-order valence-corrected chi connectivity index (χ2v) is 4.35. The van der Waals surface area contributed by atoms with Crippen molar-refractivity contribution in [3.05, 3.63) is 59.9 Å². The Labute approximate surface area is 107 Å². The summed E-state index contributed by atoms with van der Waals surface area (Å²) in [5, 5.41) is 0. The predicted molar refractivity (Wildman–Crippen MR) is 74.2 cm³/mol. The summed E-state index contributed by atoms with van der Waals surface area (Å²) in [4.78, 5) is 2.09. The molecule has 3 heteroatoms. The molecule has 2 nitrogen and oxygen atoms in total. The summed E-state index contributed by atoms with van der Waals surface area (Å²) in [7, 11) is 1.99. The lowest BCUT2D eigenvalue weighted by Gasteiger charge is -2.19. The Morgan fingerprint density at radius 2 is 1.72 bits per heavy atom. The normalized spacial score (nSPS) is 10.3. The Morgan fingerprint density at radius 1 is 1.06 bits per heavy atom. The zero-order chi connectivity index (χ0) is 13.0. The fourth-order valence-corrected chi connectivity index (χ4v) is 1.87. The van der Waals surface area contributed by atoms with E-state index in [0.717, 1.165) is 29.9 Å². The smallest absolute Gasteiger partial charge is 0.123 e. The van der Waals surface area contributed by atoms with Crippen LogP contribution in [-0.4, -0.2) is 13.6 Å². The zero-order valence-electron chi connectivity index (χ0n) is 10.4. The van der Waals surface area contributed by atoms with Crippen molar-refractivity contribution in [2.45, 2.75) is 6.42 Å². The summed E-state index contributed by atoms with van der Waals surface area (Å²) in [6.45, 7) is 0.847. The number of benzene rings is 2. The van der Waals surface area contributed by atoms with E-state index < -0.39 is 0 Å². The monoisotopic (exact) mass is 244 g/mol. The molecule has 2 N–H and O–H groups in total. The van der Waals surface area contributed by atoms with E-state index in [0.29, 0.717) is 0 Å². The third kappa shape index (κ3) is 3.00. The molecule has 0 unspecified atom stereocenters. The van der Waals surface area contributed by atoms with Crippen molar-refractivity contribution in [3.8, 4) is 0 Å². The van der Waals surface area contributed by atoms with E-state index in [-0.39, 0.29) is 5.82 Å². The minimum absolute atomic E-state index is 0.209. The maximum absolute atomic E-state index is 12.8. The minimum Gasteiger partial charge on any atom is -0.399 e. The molecular weight excluding hydrogens is 227 g/mol. The quantitative estimate of drug-likeness (QED) is 0.837. The van der Waals surface area contributed by atoms with Crippen molar-refractivity contribution >= 4 is 11.4 Å². The van der Waals surface area contributed by atoms with Gasteiger partial charge in [0.1, 0.15) is 5.82 Å². The first-order valence-electron chi connectivity index (χ1n) is 5.97. The van der Waals surface area contributed by atoms with Gasteiger partial charge in [-0.1, -0.05) is 18.2 Å². The number of rotatable bonds is 4. The van der Waals surface area contributed by atoms with Crippen LogP contribution in [0.1, 0.15) is 5.56 Å². The number of hydrogen-bond acceptors (Lipinski definition) is 2. The SMILES string of the molecule is CN(CCc1ccccc1N)c1ccc(F)cc1. The molecule has 0 aromatic heterocycles. The predicted octanol–water partition coefficient (Wildman–Crippen LogP) is 3.09. The highest BCUT2D eigenvalue weighted by Crippen LogP contribution is 2.16. The van der Waals surface area contributed by atoms with E-state index in [1.807, 2.05) is 31.3 Å². The van der Waals surface area contributed by atoms with Crippen LogP contribution in [0, 0.1) is 5.82 Å². The van der Waals surface area contributed by atoms with Crippen molar-refractivity contribution in [3.63, 3.8) is 0 Å². The highest BCUT2D eigenvalue weighted by molar-refractivity contribution is 5.48. The van der Waals surface area contributed by atoms with Crippen LogP contribution >= 0.6 is 0 Å². The summed E-state index contributed by atoms with van der Waals surface area (Å²) in [6, 6.07) is 14.4. The second-order valence-electron chi connectivity index (χ2n) is 4.35. The molecule has 0 heterocycles. The molecule has 0 saturated carbocycles. The lowest BCUT2D eigenvalue weighted by Crippen LogP contribution is -2.20. The van der Waals surface area contributed by atoms with Gasteiger partial charge in [0.2, 0.25) is 0 Å². The number of nitrogens with two attached hydrogens (primary N) is 1. The number of anilines is 2. The molecule has 2 aromatic carbocycles. The fraction of sp³-hybridized carbons (Fsp3) is 0.200. The van der Waals surface area contributed by atoms with Crippen LogP contribution in [0.4, 0.5) is 15.8 Å². The molecule has 0 radical (unpaired) electrons. The van der Waals surface area contributed by atoms with Crippen LogP contribution in [0.15, 0.2) is 48.5 Å². The van der Waals surface area contributed by atoms with E-state index in [1.165, 1.54) is 12.1 Å². The summed E-state index contributed by atoms with van der Waals surface area (Å²) in [6.07, 6.45) is 0.876. The van der Waals surface area contributed by atoms with Crippen LogP contribution in [0.5, 0.6) is 0 Å². The van der Waals surface area contributed by atoms with Gasteiger partial charge in [-0.25, -0.2) is 4.39 Å². The molecule has 0 bridgehead atoms. The average Bonchev–Trinajstić information content (AvgIpc) is 2.38. The van der Waals surface area contributed by atoms with Crippen LogP contribution < -0.4 is 10.6 Å². The van der Waals surface area contributed by atoms with E-state index in [1.54, 1.807) is 12.1 Å². The number of para-hydroxylation sites is 1. The average molecular weight is 244 g/mol. The number of nitrogens with zero attached hydrogens (tertiary/aromatic N) is 1. The Kier molecular flexibility index (Phi) is 3.82. The summed E-state index contributed by atoms with van der Waals surface area (Å²) in [5.74, 6) is -0.209. The Hall–Kier alpha value is -2.03. The van der Waals surface area contributed by atoms with Gasteiger partial charge in [0.25, 0.3) is 0 Å². The van der Waals surface area contributed by atoms with Crippen LogP contribution in [0.2, 0.25) is 0 Å². The molecule has 0 spiro atoms. The zero-order valence-corrected chi connectivity index (χ0v) is 10.4. The first-order valence-corrected chi connectivity index (χ1v) is 5.97. The molecule has 0 atom stereocenters. The van der Waals surface area contributed by atoms with Gasteiger partial charge in [0.05, 0.1) is 0 Å². The Morgan fingerprint density at radius 3 is 2.39 bits per heavy atom. The van der Waals surface area contributed by atoms with Crippen LogP contribution in [0.3, 0.4) is 0 Å². The maximum Gasteiger partial charge on any atom is 0.123 e. The molecule has 18 heavy (non-hydrogen) atoms. The third-order valence-corrected chi connectivity index (χ3v) is 3.04. The highest BCUT2D eigenvalue weighted by atomic mass is 19.1. The van der Waals surface area contributed by atoms with Crippen LogP contribution in [-0.2, 0) is 6.42 Å². The molecule has 0 aliphatic heterocycles. The Bertz CT molecular complexity index is 508. The molecule has 94 valence electrons. The lowest BCUT2D eigenvalue weighted by molar-refractivity contribution is 0.627. The minimum atomic E-state index is -0.209. The molecule has 2 aromatic rings. The molecule has 0 fully saturated rings. The maximum atomic E-state index is 12.8. The molecule has 0 aliphatic rings. The van der Waals surface area contributed by atoms with Gasteiger partial charge >= 0.3 is 0 Å².